The highest BCUT2D eigenvalue weighted by Gasteiger charge is 2.31. The number of carbonyl (C=O) groups excluding carboxylic acids is 2. The van der Waals surface area contributed by atoms with Gasteiger partial charge in [-0.25, -0.2) is 4.98 Å². The summed E-state index contributed by atoms with van der Waals surface area (Å²) >= 11 is 1.31. The fourth-order valence-corrected chi connectivity index (χ4v) is 4.04. The van der Waals surface area contributed by atoms with Crippen LogP contribution < -0.4 is 20.5 Å². The molecule has 1 aromatic heterocycles. The average Bonchev–Trinajstić information content (AvgIpc) is 3.19. The Morgan fingerprint density at radius 2 is 1.85 bits per heavy atom. The van der Waals surface area contributed by atoms with E-state index in [2.05, 4.69) is 19.9 Å². The molecule has 1 saturated heterocycles. The van der Waals surface area contributed by atoms with Crippen molar-refractivity contribution >= 4 is 23.2 Å². The molecule has 33 heavy (non-hydrogen) atoms. The summed E-state index contributed by atoms with van der Waals surface area (Å²) in [6, 6.07) is 4.68. The van der Waals surface area contributed by atoms with Crippen LogP contribution in [-0.4, -0.2) is 67.5 Å². The van der Waals surface area contributed by atoms with E-state index < -0.39 is 23.9 Å². The summed E-state index contributed by atoms with van der Waals surface area (Å²) in [5, 5.41) is 3.16. The SMILES string of the molecule is NC(=O)c1nc(CNC(=O)COc2ccc(OC(F)(F)F)cc2)sc1CCN1CCOCC1. The number of nitrogens with zero attached hydrogens (tertiary/aromatic N) is 2. The van der Waals surface area contributed by atoms with Gasteiger partial charge in [0, 0.05) is 24.5 Å². The maximum Gasteiger partial charge on any atom is 0.573 e. The van der Waals surface area contributed by atoms with Crippen molar-refractivity contribution in [3.8, 4) is 11.5 Å². The average molecular weight is 488 g/mol. The second-order valence-electron chi connectivity index (χ2n) is 7.03. The monoisotopic (exact) mass is 488 g/mol. The van der Waals surface area contributed by atoms with Crippen LogP contribution in [0.2, 0.25) is 0 Å². The van der Waals surface area contributed by atoms with E-state index in [0.29, 0.717) is 24.6 Å². The summed E-state index contributed by atoms with van der Waals surface area (Å²) in [4.78, 5) is 31.0. The molecule has 0 atom stereocenters. The Kier molecular flexibility index (Phi) is 8.47. The first-order valence-corrected chi connectivity index (χ1v) is 10.8. The minimum atomic E-state index is -4.78. The highest BCUT2D eigenvalue weighted by molar-refractivity contribution is 7.11. The molecule has 0 aliphatic carbocycles. The predicted octanol–water partition coefficient (Wildman–Crippen LogP) is 1.71. The Morgan fingerprint density at radius 1 is 1.18 bits per heavy atom. The Labute approximate surface area is 191 Å². The van der Waals surface area contributed by atoms with E-state index in [-0.39, 0.29) is 24.6 Å². The van der Waals surface area contributed by atoms with Gasteiger partial charge >= 0.3 is 6.36 Å². The molecule has 0 bridgehead atoms. The van der Waals surface area contributed by atoms with Crippen molar-refractivity contribution in [2.24, 2.45) is 5.73 Å². The number of morpholine rings is 1. The van der Waals surface area contributed by atoms with Gasteiger partial charge in [0.15, 0.2) is 6.61 Å². The van der Waals surface area contributed by atoms with Crippen LogP contribution in [0, 0.1) is 0 Å². The van der Waals surface area contributed by atoms with E-state index in [1.165, 1.54) is 23.5 Å². The summed E-state index contributed by atoms with van der Waals surface area (Å²) < 4.78 is 50.9. The lowest BCUT2D eigenvalue weighted by Gasteiger charge is -2.26. The second-order valence-corrected chi connectivity index (χ2v) is 8.20. The smallest absolute Gasteiger partial charge is 0.484 e. The number of rotatable bonds is 10. The lowest BCUT2D eigenvalue weighted by Crippen LogP contribution is -2.37. The number of carbonyl (C=O) groups is 2. The van der Waals surface area contributed by atoms with Crippen molar-refractivity contribution in [3.05, 3.63) is 39.8 Å². The van der Waals surface area contributed by atoms with Gasteiger partial charge in [0.1, 0.15) is 22.2 Å². The van der Waals surface area contributed by atoms with Crippen LogP contribution in [0.3, 0.4) is 0 Å². The molecule has 1 aromatic carbocycles. The van der Waals surface area contributed by atoms with Crippen molar-refractivity contribution in [1.29, 1.82) is 0 Å². The number of alkyl halides is 3. The number of benzene rings is 1. The number of amides is 2. The molecule has 3 N–H and O–H groups in total. The molecule has 0 spiro atoms. The molecular weight excluding hydrogens is 465 g/mol. The number of ether oxygens (including phenoxy) is 3. The van der Waals surface area contributed by atoms with Gasteiger partial charge in [-0.05, 0) is 30.7 Å². The number of halogens is 3. The van der Waals surface area contributed by atoms with Gasteiger partial charge < -0.3 is 25.3 Å². The maximum atomic E-state index is 12.2. The molecule has 0 radical (unpaired) electrons. The number of aromatic nitrogens is 1. The van der Waals surface area contributed by atoms with E-state index in [1.807, 2.05) is 0 Å². The first-order valence-electron chi connectivity index (χ1n) is 10.0. The first-order chi connectivity index (χ1) is 15.7. The van der Waals surface area contributed by atoms with Gasteiger partial charge in [-0.2, -0.15) is 0 Å². The van der Waals surface area contributed by atoms with Gasteiger partial charge in [-0.15, -0.1) is 24.5 Å². The number of hydrogen-bond donors (Lipinski definition) is 2. The zero-order valence-corrected chi connectivity index (χ0v) is 18.3. The molecule has 1 fully saturated rings. The zero-order valence-electron chi connectivity index (χ0n) is 17.5. The molecule has 1 aliphatic heterocycles. The fourth-order valence-electron chi connectivity index (χ4n) is 3.03. The summed E-state index contributed by atoms with van der Waals surface area (Å²) in [5.74, 6) is -1.27. The fraction of sp³-hybridized carbons (Fsp3) is 0.450. The Bertz CT molecular complexity index is 946. The van der Waals surface area contributed by atoms with Gasteiger partial charge in [-0.1, -0.05) is 0 Å². The molecule has 180 valence electrons. The molecular formula is C20H23F3N4O5S. The molecule has 3 rings (SSSR count). The number of hydrogen-bond acceptors (Lipinski definition) is 8. The normalized spacial score (nSPS) is 14.6. The zero-order chi connectivity index (χ0) is 23.8. The first kappa shape index (κ1) is 24.7. The van der Waals surface area contributed by atoms with Crippen LogP contribution in [0.4, 0.5) is 13.2 Å². The van der Waals surface area contributed by atoms with Crippen LogP contribution in [0.15, 0.2) is 24.3 Å². The standard InChI is InChI=1S/C20H23F3N4O5S/c21-20(22,23)32-14-3-1-13(2-4-14)31-12-16(28)25-11-17-26-18(19(24)29)15(33-17)5-6-27-7-9-30-10-8-27/h1-4H,5-12H2,(H2,24,29)(H,25,28). The Balaban J connectivity index is 1.46. The van der Waals surface area contributed by atoms with Crippen LogP contribution in [-0.2, 0) is 22.5 Å². The minimum absolute atomic E-state index is 0.0864. The van der Waals surface area contributed by atoms with E-state index in [0.717, 1.165) is 36.6 Å². The number of thiazole rings is 1. The number of nitrogens with two attached hydrogens (primary N) is 1. The van der Waals surface area contributed by atoms with E-state index >= 15 is 0 Å². The van der Waals surface area contributed by atoms with E-state index in [1.54, 1.807) is 0 Å². The van der Waals surface area contributed by atoms with Crippen molar-refractivity contribution < 1.29 is 37.0 Å². The lowest BCUT2D eigenvalue weighted by atomic mass is 10.2. The highest BCUT2D eigenvalue weighted by Crippen LogP contribution is 2.24. The van der Waals surface area contributed by atoms with Crippen LogP contribution in [0.1, 0.15) is 20.4 Å². The Morgan fingerprint density at radius 3 is 2.48 bits per heavy atom. The van der Waals surface area contributed by atoms with Gasteiger partial charge in [-0.3, -0.25) is 14.5 Å². The van der Waals surface area contributed by atoms with Gasteiger partial charge in [0.05, 0.1) is 19.8 Å². The largest absolute Gasteiger partial charge is 0.573 e. The van der Waals surface area contributed by atoms with E-state index in [4.69, 9.17) is 15.2 Å². The third kappa shape index (κ3) is 8.18. The van der Waals surface area contributed by atoms with Crippen molar-refractivity contribution in [1.82, 2.24) is 15.2 Å². The molecule has 2 amide bonds. The number of primary amides is 1. The molecule has 0 unspecified atom stereocenters. The van der Waals surface area contributed by atoms with Crippen molar-refractivity contribution in [2.45, 2.75) is 19.3 Å². The third-order valence-electron chi connectivity index (χ3n) is 4.60. The topological polar surface area (TPSA) is 116 Å². The maximum absolute atomic E-state index is 12.2. The molecule has 13 heteroatoms. The highest BCUT2D eigenvalue weighted by atomic mass is 32.1. The van der Waals surface area contributed by atoms with Crippen molar-refractivity contribution in [2.75, 3.05) is 39.5 Å². The van der Waals surface area contributed by atoms with Gasteiger partial charge in [0.25, 0.3) is 11.8 Å². The summed E-state index contributed by atoms with van der Waals surface area (Å²) in [5.41, 5.74) is 5.65. The third-order valence-corrected chi connectivity index (χ3v) is 5.71. The van der Waals surface area contributed by atoms with E-state index in [9.17, 15) is 22.8 Å². The molecule has 2 heterocycles. The van der Waals surface area contributed by atoms with Crippen molar-refractivity contribution in [3.63, 3.8) is 0 Å². The molecule has 9 nitrogen and oxygen atoms in total. The minimum Gasteiger partial charge on any atom is -0.484 e. The summed E-state index contributed by atoms with van der Waals surface area (Å²) in [6.45, 7) is 3.49. The van der Waals surface area contributed by atoms with Gasteiger partial charge in [0.2, 0.25) is 0 Å². The molecule has 1 aliphatic rings. The van der Waals surface area contributed by atoms with Crippen LogP contribution in [0.5, 0.6) is 11.5 Å². The summed E-state index contributed by atoms with van der Waals surface area (Å²) in [6.07, 6.45) is -4.17. The predicted molar refractivity (Wildman–Crippen MR) is 112 cm³/mol. The lowest BCUT2D eigenvalue weighted by molar-refractivity contribution is -0.274. The molecule has 0 saturated carbocycles. The van der Waals surface area contributed by atoms with Crippen LogP contribution in [0.25, 0.3) is 0 Å². The quantitative estimate of drug-likeness (QED) is 0.523. The Hall–Kier alpha value is -2.90. The number of nitrogens with one attached hydrogen (secondary N) is 1. The summed E-state index contributed by atoms with van der Waals surface area (Å²) in [7, 11) is 0. The van der Waals surface area contributed by atoms with Crippen LogP contribution >= 0.6 is 11.3 Å². The second kappa shape index (κ2) is 11.3. The molecule has 2 aromatic rings.